The molecule has 0 radical (unpaired) electrons. The highest BCUT2D eigenvalue weighted by atomic mass is 16.5. The molecule has 1 aliphatic carbocycles. The molecule has 7 nitrogen and oxygen atoms in total. The van der Waals surface area contributed by atoms with Gasteiger partial charge in [-0.25, -0.2) is 4.90 Å². The van der Waals surface area contributed by atoms with E-state index in [0.29, 0.717) is 31.6 Å². The minimum Gasteiger partial charge on any atom is -0.426 e. The van der Waals surface area contributed by atoms with Crippen molar-refractivity contribution in [2.45, 2.75) is 32.7 Å². The number of esters is 1. The van der Waals surface area contributed by atoms with Crippen LogP contribution in [0.2, 0.25) is 0 Å². The van der Waals surface area contributed by atoms with Crippen LogP contribution < -0.4 is 9.64 Å². The van der Waals surface area contributed by atoms with Gasteiger partial charge in [-0.05, 0) is 37.5 Å². The van der Waals surface area contributed by atoms with Gasteiger partial charge in [-0.2, -0.15) is 0 Å². The average molecular weight is 459 g/mol. The second-order valence-corrected chi connectivity index (χ2v) is 9.29. The number of ether oxygens (including phenoxy) is 1. The van der Waals surface area contributed by atoms with E-state index in [-0.39, 0.29) is 41.7 Å². The first-order valence-corrected chi connectivity index (χ1v) is 11.6. The van der Waals surface area contributed by atoms with Crippen molar-refractivity contribution >= 4 is 29.4 Å². The third kappa shape index (κ3) is 4.14. The standard InChI is InChI=1S/C27H26N2O5/c1-17-10-11-22-23(12-17)26(32)29(25(22)31)20-8-5-9-21(14-20)34-27(33)19-13-24(30)28(16-19)15-18-6-3-2-4-7-18/h2-10,14,19,22-23H,11-13,15-16H2,1H3/t19-,22-,23-/m0/s1. The van der Waals surface area contributed by atoms with E-state index in [0.717, 1.165) is 11.1 Å². The normalized spacial score (nSPS) is 24.3. The van der Waals surface area contributed by atoms with Crippen LogP contribution in [0.1, 0.15) is 31.7 Å². The second-order valence-electron chi connectivity index (χ2n) is 9.29. The van der Waals surface area contributed by atoms with Gasteiger partial charge in [0.1, 0.15) is 5.75 Å². The number of allylic oxidation sites excluding steroid dienone is 2. The number of hydrogen-bond donors (Lipinski definition) is 0. The Labute approximate surface area is 198 Å². The van der Waals surface area contributed by atoms with Gasteiger partial charge in [0.05, 0.1) is 23.4 Å². The summed E-state index contributed by atoms with van der Waals surface area (Å²) in [6.45, 7) is 2.73. The Morgan fingerprint density at radius 2 is 1.74 bits per heavy atom. The van der Waals surface area contributed by atoms with E-state index < -0.39 is 11.9 Å². The maximum absolute atomic E-state index is 13.0. The van der Waals surface area contributed by atoms with Crippen molar-refractivity contribution in [3.05, 3.63) is 71.8 Å². The molecule has 0 bridgehead atoms. The molecule has 2 saturated heterocycles. The summed E-state index contributed by atoms with van der Waals surface area (Å²) in [5.41, 5.74) is 2.53. The monoisotopic (exact) mass is 458 g/mol. The predicted octanol–water partition coefficient (Wildman–Crippen LogP) is 3.49. The lowest BCUT2D eigenvalue weighted by molar-refractivity contribution is -0.139. The summed E-state index contributed by atoms with van der Waals surface area (Å²) in [7, 11) is 0. The highest BCUT2D eigenvalue weighted by molar-refractivity contribution is 6.22. The number of hydrogen-bond acceptors (Lipinski definition) is 5. The molecule has 0 unspecified atom stereocenters. The first-order chi connectivity index (χ1) is 16.4. The Kier molecular flexibility index (Phi) is 5.77. The summed E-state index contributed by atoms with van der Waals surface area (Å²) in [4.78, 5) is 54.1. The fourth-order valence-electron chi connectivity index (χ4n) is 5.06. The van der Waals surface area contributed by atoms with Crippen molar-refractivity contribution < 1.29 is 23.9 Å². The Bertz CT molecular complexity index is 1190. The SMILES string of the molecule is CC1=CC[C@@H]2C(=O)N(c3cccc(OC(=O)[C@H]4CC(=O)N(Cc5ccccc5)C4)c3)C(=O)[C@H]2C1. The Morgan fingerprint density at radius 3 is 2.53 bits per heavy atom. The highest BCUT2D eigenvalue weighted by Crippen LogP contribution is 2.40. The van der Waals surface area contributed by atoms with E-state index in [1.807, 2.05) is 43.3 Å². The van der Waals surface area contributed by atoms with Gasteiger partial charge in [0.25, 0.3) is 0 Å². The van der Waals surface area contributed by atoms with Crippen LogP contribution in [0.3, 0.4) is 0 Å². The Balaban J connectivity index is 1.26. The number of carbonyl (C=O) groups excluding carboxylic acids is 4. The summed E-state index contributed by atoms with van der Waals surface area (Å²) in [5.74, 6) is -1.96. The number of amides is 3. The van der Waals surface area contributed by atoms with Crippen LogP contribution in [0.4, 0.5) is 5.69 Å². The van der Waals surface area contributed by atoms with Gasteiger partial charge >= 0.3 is 5.97 Å². The van der Waals surface area contributed by atoms with Gasteiger partial charge in [-0.15, -0.1) is 0 Å². The topological polar surface area (TPSA) is 84.0 Å². The van der Waals surface area contributed by atoms with E-state index in [1.165, 1.54) is 4.90 Å². The van der Waals surface area contributed by atoms with E-state index in [4.69, 9.17) is 4.74 Å². The minimum atomic E-state index is -0.563. The molecule has 2 heterocycles. The lowest BCUT2D eigenvalue weighted by Crippen LogP contribution is -2.31. The maximum atomic E-state index is 13.0. The summed E-state index contributed by atoms with van der Waals surface area (Å²) < 4.78 is 5.57. The number of nitrogens with zero attached hydrogens (tertiary/aromatic N) is 2. The Hall–Kier alpha value is -3.74. The zero-order valence-corrected chi connectivity index (χ0v) is 19.0. The first kappa shape index (κ1) is 22.1. The van der Waals surface area contributed by atoms with Crippen LogP contribution in [-0.2, 0) is 25.7 Å². The molecule has 7 heteroatoms. The molecular weight excluding hydrogens is 432 g/mol. The zero-order valence-electron chi connectivity index (χ0n) is 19.0. The van der Waals surface area contributed by atoms with Crippen molar-refractivity contribution in [3.63, 3.8) is 0 Å². The summed E-state index contributed by atoms with van der Waals surface area (Å²) in [5, 5.41) is 0. The van der Waals surface area contributed by atoms with E-state index in [2.05, 4.69) is 0 Å². The number of likely N-dealkylation sites (tertiary alicyclic amines) is 1. The molecule has 0 N–H and O–H groups in total. The molecule has 0 saturated carbocycles. The lowest BCUT2D eigenvalue weighted by atomic mass is 9.82. The molecular formula is C27H26N2O5. The molecule has 0 spiro atoms. The van der Waals surface area contributed by atoms with Crippen molar-refractivity contribution in [3.8, 4) is 5.75 Å². The molecule has 0 aromatic heterocycles. The lowest BCUT2D eigenvalue weighted by Gasteiger charge is -2.18. The van der Waals surface area contributed by atoms with Crippen LogP contribution in [-0.4, -0.2) is 35.1 Å². The van der Waals surface area contributed by atoms with Gasteiger partial charge in [0.2, 0.25) is 17.7 Å². The minimum absolute atomic E-state index is 0.0840. The van der Waals surface area contributed by atoms with Gasteiger partial charge in [0, 0.05) is 25.6 Å². The third-order valence-electron chi connectivity index (χ3n) is 6.88. The third-order valence-corrected chi connectivity index (χ3v) is 6.88. The number of fused-ring (bicyclic) bond motifs is 1. The van der Waals surface area contributed by atoms with Crippen LogP contribution in [0.5, 0.6) is 5.75 Å². The van der Waals surface area contributed by atoms with Crippen LogP contribution in [0, 0.1) is 17.8 Å². The van der Waals surface area contributed by atoms with Crippen LogP contribution in [0.15, 0.2) is 66.2 Å². The fourth-order valence-corrected chi connectivity index (χ4v) is 5.06. The molecule has 2 aromatic rings. The van der Waals surface area contributed by atoms with Crippen molar-refractivity contribution in [1.82, 2.24) is 4.90 Å². The molecule has 2 fully saturated rings. The molecule has 174 valence electrons. The van der Waals surface area contributed by atoms with Crippen molar-refractivity contribution in [2.75, 3.05) is 11.4 Å². The quantitative estimate of drug-likeness (QED) is 0.296. The molecule has 2 aromatic carbocycles. The van der Waals surface area contributed by atoms with E-state index >= 15 is 0 Å². The maximum Gasteiger partial charge on any atom is 0.316 e. The summed E-state index contributed by atoms with van der Waals surface area (Å²) in [6, 6.07) is 16.1. The van der Waals surface area contributed by atoms with E-state index in [1.54, 1.807) is 29.2 Å². The molecule has 3 atom stereocenters. The molecule has 3 amide bonds. The predicted molar refractivity (Wildman–Crippen MR) is 125 cm³/mol. The van der Waals surface area contributed by atoms with Crippen molar-refractivity contribution in [1.29, 1.82) is 0 Å². The van der Waals surface area contributed by atoms with Gasteiger partial charge in [-0.3, -0.25) is 19.2 Å². The molecule has 2 aliphatic heterocycles. The number of carbonyl (C=O) groups is 4. The first-order valence-electron chi connectivity index (χ1n) is 11.6. The highest BCUT2D eigenvalue weighted by Gasteiger charge is 2.48. The number of anilines is 1. The molecule has 5 rings (SSSR count). The number of imide groups is 1. The van der Waals surface area contributed by atoms with Crippen molar-refractivity contribution in [2.24, 2.45) is 17.8 Å². The smallest absolute Gasteiger partial charge is 0.316 e. The van der Waals surface area contributed by atoms with Gasteiger partial charge < -0.3 is 9.64 Å². The van der Waals surface area contributed by atoms with Gasteiger partial charge in [0.15, 0.2) is 0 Å². The summed E-state index contributed by atoms with van der Waals surface area (Å²) in [6.07, 6.45) is 3.29. The fraction of sp³-hybridized carbons (Fsp3) is 0.333. The van der Waals surface area contributed by atoms with Crippen LogP contribution >= 0.6 is 0 Å². The van der Waals surface area contributed by atoms with Crippen LogP contribution in [0.25, 0.3) is 0 Å². The summed E-state index contributed by atoms with van der Waals surface area (Å²) >= 11 is 0. The van der Waals surface area contributed by atoms with Gasteiger partial charge in [-0.1, -0.05) is 48.0 Å². The average Bonchev–Trinajstić information content (AvgIpc) is 3.31. The zero-order chi connectivity index (χ0) is 23.8. The molecule has 34 heavy (non-hydrogen) atoms. The number of rotatable bonds is 5. The second kappa shape index (κ2) is 8.89. The Morgan fingerprint density at radius 1 is 0.971 bits per heavy atom. The molecule has 3 aliphatic rings. The van der Waals surface area contributed by atoms with E-state index in [9.17, 15) is 19.2 Å². The largest absolute Gasteiger partial charge is 0.426 e. The number of benzene rings is 2.